The molecule has 0 spiro atoms. The molecule has 3 fully saturated rings. The van der Waals surface area contributed by atoms with Gasteiger partial charge in [-0.1, -0.05) is 73.6 Å². The Hall–Kier alpha value is -3.21. The van der Waals surface area contributed by atoms with Gasteiger partial charge in [-0.25, -0.2) is 0 Å². The topological polar surface area (TPSA) is 203 Å². The number of ketones is 1. The second kappa shape index (κ2) is 20.5. The maximum absolute atomic E-state index is 14.6. The van der Waals surface area contributed by atoms with E-state index in [1.807, 2.05) is 78.8 Å². The van der Waals surface area contributed by atoms with Gasteiger partial charge in [0.1, 0.15) is 29.4 Å². The lowest BCUT2D eigenvalue weighted by atomic mass is 9.69. The molecule has 1 aromatic heterocycles. The molecule has 4 heterocycles. The minimum Gasteiger partial charge on any atom is -0.464 e. The lowest BCUT2D eigenvalue weighted by Crippen LogP contribution is -2.58. The Morgan fingerprint density at radius 3 is 2.21 bits per heavy atom. The fourth-order valence-corrected chi connectivity index (χ4v) is 10.3. The number of nitrogens with one attached hydrogen (secondary N) is 1. The first-order valence-corrected chi connectivity index (χ1v) is 22.9. The molecule has 3 saturated heterocycles. The predicted molar refractivity (Wildman–Crippen MR) is 235 cm³/mol. The number of Topliss-reactive ketones (excluding diaryl/α,β-unsaturated/α-hetero) is 1. The molecular weight excluding hydrogens is 811 g/mol. The molecule has 2 aromatic rings. The van der Waals surface area contributed by atoms with Crippen LogP contribution in [0.15, 0.2) is 47.1 Å². The summed E-state index contributed by atoms with van der Waals surface area (Å²) in [6, 6.07) is 11.0. The van der Waals surface area contributed by atoms with Gasteiger partial charge in [0, 0.05) is 42.7 Å². The van der Waals surface area contributed by atoms with Gasteiger partial charge in [-0.05, 0) is 81.0 Å². The molecule has 1 aromatic carbocycles. The average molecular weight is 886 g/mol. The molecular formula is C49H75NO13. The van der Waals surface area contributed by atoms with Crippen LogP contribution >= 0.6 is 0 Å². The number of carbonyl (C=O) groups is 3. The summed E-state index contributed by atoms with van der Waals surface area (Å²) in [5.74, 6) is -4.21. The number of furan rings is 1. The molecule has 0 saturated carbocycles. The van der Waals surface area contributed by atoms with Crippen LogP contribution in [0.3, 0.4) is 0 Å². The Bertz CT molecular complexity index is 1830. The predicted octanol–water partition coefficient (Wildman–Crippen LogP) is 5.99. The van der Waals surface area contributed by atoms with Crippen LogP contribution in [0.5, 0.6) is 0 Å². The van der Waals surface area contributed by atoms with E-state index in [0.29, 0.717) is 18.6 Å². The van der Waals surface area contributed by atoms with Crippen molar-refractivity contribution >= 4 is 17.7 Å². The number of aliphatic hydroxyl groups excluding tert-OH is 3. The van der Waals surface area contributed by atoms with Gasteiger partial charge in [0.15, 0.2) is 12.6 Å². The number of hydrogen-bond donors (Lipinski definition) is 5. The van der Waals surface area contributed by atoms with Gasteiger partial charge in [0.05, 0.1) is 55.2 Å². The van der Waals surface area contributed by atoms with E-state index < -0.39 is 101 Å². The monoisotopic (exact) mass is 886 g/mol. The Balaban J connectivity index is 1.48. The van der Waals surface area contributed by atoms with Gasteiger partial charge in [0.25, 0.3) is 0 Å². The van der Waals surface area contributed by atoms with Crippen molar-refractivity contribution in [3.05, 3.63) is 48.2 Å². The van der Waals surface area contributed by atoms with Crippen molar-refractivity contribution in [1.82, 2.24) is 5.32 Å². The van der Waals surface area contributed by atoms with Crippen molar-refractivity contribution in [3.8, 4) is 11.3 Å². The van der Waals surface area contributed by atoms with E-state index in [2.05, 4.69) is 5.32 Å². The molecule has 3 aliphatic rings. The van der Waals surface area contributed by atoms with E-state index in [1.165, 1.54) is 6.92 Å². The van der Waals surface area contributed by atoms with Gasteiger partial charge in [-0.15, -0.1) is 0 Å². The molecule has 3 aliphatic heterocycles. The van der Waals surface area contributed by atoms with Gasteiger partial charge in [-0.2, -0.15) is 0 Å². The standard InChI is InChI=1S/C49H75NO13/c1-26-21-28(3)59-46(40(26)53)63-44-30(5)41(62-38-25-47(8,9)43(55)32(7)60-38)31(6)45(56)61-36(49(12,57)42(54)29(4)39(52)27(2)24-48(44,10)11)18-19-50-37(51)23-33-15-13-16-34(22-33)35-17-14-20-58-35/h13-17,20,22,26-32,36,38,40-44,46,53-55,57H,18-19,21,23-25H2,1-12H3,(H,50,51)/t26?,27-,28?,29+,30+,31-,32?,36-,38?,40?,41+,42-,43?,44-,46?,49-/m1/s1. The second-order valence-corrected chi connectivity index (χ2v) is 20.6. The molecule has 5 N–H and O–H groups in total. The normalized spacial score (nSPS) is 39.2. The molecule has 0 bridgehead atoms. The Morgan fingerprint density at radius 1 is 0.857 bits per heavy atom. The maximum atomic E-state index is 14.6. The van der Waals surface area contributed by atoms with E-state index in [0.717, 1.165) is 11.1 Å². The minimum absolute atomic E-state index is 0.0309. The van der Waals surface area contributed by atoms with Gasteiger partial charge < -0.3 is 53.8 Å². The van der Waals surface area contributed by atoms with Crippen LogP contribution in [-0.2, 0) is 44.5 Å². The van der Waals surface area contributed by atoms with Crippen LogP contribution in [0.2, 0.25) is 0 Å². The fourth-order valence-electron chi connectivity index (χ4n) is 10.3. The third-order valence-electron chi connectivity index (χ3n) is 14.0. The molecule has 1 amide bonds. The van der Waals surface area contributed by atoms with Crippen molar-refractivity contribution < 1.29 is 62.9 Å². The van der Waals surface area contributed by atoms with Crippen molar-refractivity contribution in [3.63, 3.8) is 0 Å². The molecule has 0 aliphatic carbocycles. The van der Waals surface area contributed by atoms with Crippen molar-refractivity contribution in [2.75, 3.05) is 6.54 Å². The van der Waals surface area contributed by atoms with Gasteiger partial charge in [0.2, 0.25) is 5.91 Å². The number of hydrogen-bond acceptors (Lipinski definition) is 13. The van der Waals surface area contributed by atoms with Crippen molar-refractivity contribution in [2.24, 2.45) is 40.4 Å². The summed E-state index contributed by atoms with van der Waals surface area (Å²) in [4.78, 5) is 42.2. The van der Waals surface area contributed by atoms with Crippen LogP contribution in [0.1, 0.15) is 114 Å². The number of aliphatic hydroxyl groups is 4. The van der Waals surface area contributed by atoms with Gasteiger partial charge in [-0.3, -0.25) is 14.4 Å². The Labute approximate surface area is 373 Å². The Morgan fingerprint density at radius 2 is 1.56 bits per heavy atom. The number of benzene rings is 1. The zero-order valence-electron chi connectivity index (χ0n) is 39.4. The lowest BCUT2D eigenvalue weighted by Gasteiger charge is -2.49. The van der Waals surface area contributed by atoms with Crippen LogP contribution < -0.4 is 5.32 Å². The molecule has 5 rings (SSSR count). The summed E-state index contributed by atoms with van der Waals surface area (Å²) in [6.45, 7) is 21.6. The van der Waals surface area contributed by atoms with Crippen LogP contribution in [0.4, 0.5) is 0 Å². The summed E-state index contributed by atoms with van der Waals surface area (Å²) in [6.07, 6.45) is -6.42. The zero-order valence-corrected chi connectivity index (χ0v) is 39.4. The van der Waals surface area contributed by atoms with E-state index in [1.54, 1.807) is 40.0 Å². The summed E-state index contributed by atoms with van der Waals surface area (Å²) in [7, 11) is 0. The van der Waals surface area contributed by atoms with Crippen LogP contribution in [0.25, 0.3) is 11.3 Å². The molecule has 14 heteroatoms. The highest BCUT2D eigenvalue weighted by atomic mass is 16.7. The van der Waals surface area contributed by atoms with Gasteiger partial charge >= 0.3 is 5.97 Å². The number of rotatable bonds is 10. The van der Waals surface area contributed by atoms with Crippen molar-refractivity contribution in [2.45, 2.75) is 182 Å². The number of esters is 1. The molecule has 14 nitrogen and oxygen atoms in total. The first-order valence-electron chi connectivity index (χ1n) is 22.9. The largest absolute Gasteiger partial charge is 0.464 e. The second-order valence-electron chi connectivity index (χ2n) is 20.6. The lowest BCUT2D eigenvalue weighted by molar-refractivity contribution is -0.305. The number of amides is 1. The van der Waals surface area contributed by atoms with Crippen LogP contribution in [0, 0.1) is 40.4 Å². The zero-order chi connectivity index (χ0) is 46.8. The minimum atomic E-state index is -2.14. The van der Waals surface area contributed by atoms with Crippen molar-refractivity contribution in [1.29, 1.82) is 0 Å². The summed E-state index contributed by atoms with van der Waals surface area (Å²) in [5.41, 5.74) is -1.99. The summed E-state index contributed by atoms with van der Waals surface area (Å²) >= 11 is 0. The molecule has 354 valence electrons. The molecule has 0 radical (unpaired) electrons. The molecule has 63 heavy (non-hydrogen) atoms. The quantitative estimate of drug-likeness (QED) is 0.174. The first-order chi connectivity index (χ1) is 29.3. The highest BCUT2D eigenvalue weighted by molar-refractivity contribution is 5.83. The molecule has 7 unspecified atom stereocenters. The highest BCUT2D eigenvalue weighted by Crippen LogP contribution is 2.44. The fraction of sp³-hybridized carbons (Fsp3) is 0.735. The average Bonchev–Trinajstić information content (AvgIpc) is 3.76. The van der Waals surface area contributed by atoms with Crippen LogP contribution in [-0.4, -0.2) is 112 Å². The first kappa shape index (κ1) is 50.8. The summed E-state index contributed by atoms with van der Waals surface area (Å²) < 4.78 is 37.8. The third kappa shape index (κ3) is 12.0. The highest BCUT2D eigenvalue weighted by Gasteiger charge is 2.52. The number of cyclic esters (lactones) is 1. The maximum Gasteiger partial charge on any atom is 0.311 e. The smallest absolute Gasteiger partial charge is 0.311 e. The molecule has 16 atom stereocenters. The third-order valence-corrected chi connectivity index (χ3v) is 14.0. The number of ether oxygens (including phenoxy) is 5. The van der Waals surface area contributed by atoms with E-state index in [4.69, 9.17) is 28.1 Å². The van der Waals surface area contributed by atoms with E-state index in [-0.39, 0.29) is 49.5 Å². The number of carbonyl (C=O) groups excluding carboxylic acids is 3. The SMILES string of the molecule is CC1CC(C)C(O)C(O[C@@H]2[C@@H](C)[C@H](OC3CC(C)(C)C(O)C(C)O3)[C@@H](C)C(=O)O[C@H](CCNC(=O)Cc3cccc(-c4ccco4)c3)[C@@](C)(O)[C@H](O)[C@@H](C)C(=O)[C@H](C)CC2(C)C)O1. The summed E-state index contributed by atoms with van der Waals surface area (Å²) in [5, 5.41) is 49.2. The Kier molecular flexibility index (Phi) is 16.6. The van der Waals surface area contributed by atoms with E-state index >= 15 is 0 Å². The van der Waals surface area contributed by atoms with E-state index in [9.17, 15) is 34.8 Å².